The molecule has 3 aromatic heterocycles. The number of aromatic nitrogens is 4. The summed E-state index contributed by atoms with van der Waals surface area (Å²) in [5, 5.41) is 13.8. The van der Waals surface area contributed by atoms with Gasteiger partial charge in [0.25, 0.3) is 5.56 Å². The Morgan fingerprint density at radius 1 is 1.17 bits per heavy atom. The summed E-state index contributed by atoms with van der Waals surface area (Å²) < 4.78 is 9.13. The van der Waals surface area contributed by atoms with Crippen molar-refractivity contribution in [1.29, 1.82) is 5.26 Å². The Labute approximate surface area is 166 Å². The molecule has 0 bridgehead atoms. The molecule has 144 valence electrons. The van der Waals surface area contributed by atoms with Gasteiger partial charge in [0.05, 0.1) is 17.9 Å². The largest absolute Gasteiger partial charge is 0.438 e. The highest BCUT2D eigenvalue weighted by molar-refractivity contribution is 5.94. The van der Waals surface area contributed by atoms with Crippen molar-refractivity contribution in [3.05, 3.63) is 64.8 Å². The molecule has 4 aromatic rings. The van der Waals surface area contributed by atoms with E-state index in [4.69, 9.17) is 15.7 Å². The quantitative estimate of drug-likeness (QED) is 0.540. The van der Waals surface area contributed by atoms with Crippen molar-refractivity contribution >= 4 is 16.6 Å². The average molecular weight is 386 g/mol. The van der Waals surface area contributed by atoms with E-state index in [-0.39, 0.29) is 12.0 Å². The lowest BCUT2D eigenvalue weighted by atomic mass is 10.0. The lowest BCUT2D eigenvalue weighted by Crippen LogP contribution is -2.16. The maximum Gasteiger partial charge on any atom is 0.261 e. The summed E-state index contributed by atoms with van der Waals surface area (Å²) in [6, 6.07) is 10.9. The molecule has 29 heavy (non-hydrogen) atoms. The maximum atomic E-state index is 12.5. The summed E-state index contributed by atoms with van der Waals surface area (Å²) in [4.78, 5) is 16.7. The first-order valence-corrected chi connectivity index (χ1v) is 8.89. The Balaban J connectivity index is 1.85. The van der Waals surface area contributed by atoms with Gasteiger partial charge in [-0.2, -0.15) is 10.4 Å². The molecule has 0 aliphatic carbocycles. The molecule has 0 aliphatic heterocycles. The van der Waals surface area contributed by atoms with Crippen LogP contribution in [0, 0.1) is 11.3 Å². The molecule has 3 heterocycles. The number of benzene rings is 1. The minimum atomic E-state index is -0.127. The van der Waals surface area contributed by atoms with E-state index in [0.717, 1.165) is 11.1 Å². The van der Waals surface area contributed by atoms with Gasteiger partial charge in [0.15, 0.2) is 0 Å². The van der Waals surface area contributed by atoms with Crippen LogP contribution in [0.2, 0.25) is 0 Å². The number of nitrogens with two attached hydrogens (primary N) is 1. The number of nitrogens with zero attached hydrogens (tertiary/aromatic N) is 5. The van der Waals surface area contributed by atoms with E-state index >= 15 is 0 Å². The molecule has 8 heteroatoms. The van der Waals surface area contributed by atoms with E-state index in [1.165, 1.54) is 4.57 Å². The molecule has 2 N–H and O–H groups in total. The van der Waals surface area contributed by atoms with Crippen LogP contribution < -0.4 is 16.0 Å². The monoisotopic (exact) mass is 386 g/mol. The Bertz CT molecular complexity index is 1310. The number of anilines is 1. The molecule has 0 saturated carbocycles. The van der Waals surface area contributed by atoms with E-state index in [9.17, 15) is 4.79 Å². The number of pyridine rings is 2. The molecule has 0 spiro atoms. The minimum absolute atomic E-state index is 0.127. The highest BCUT2D eigenvalue weighted by Crippen LogP contribution is 2.36. The van der Waals surface area contributed by atoms with Crippen LogP contribution in [0.1, 0.15) is 5.56 Å². The Hall–Kier alpha value is -4.12. The number of hydrogen-bond donors (Lipinski definition) is 1. The van der Waals surface area contributed by atoms with Crippen LogP contribution >= 0.6 is 0 Å². The third kappa shape index (κ3) is 3.41. The Morgan fingerprint density at radius 2 is 2.00 bits per heavy atom. The molecule has 4 rings (SSSR count). The second-order valence-corrected chi connectivity index (χ2v) is 6.72. The number of rotatable bonds is 4. The lowest BCUT2D eigenvalue weighted by Gasteiger charge is -2.13. The van der Waals surface area contributed by atoms with Crippen molar-refractivity contribution in [3.63, 3.8) is 0 Å². The molecule has 0 radical (unpaired) electrons. The molecule has 0 unspecified atom stereocenters. The number of hydrogen-bond acceptors (Lipinski definition) is 6. The predicted molar refractivity (Wildman–Crippen MR) is 109 cm³/mol. The molecule has 0 atom stereocenters. The van der Waals surface area contributed by atoms with Gasteiger partial charge in [0, 0.05) is 55.6 Å². The number of nitriles is 1. The summed E-state index contributed by atoms with van der Waals surface area (Å²) >= 11 is 0. The number of aryl methyl sites for hydroxylation is 2. The fourth-order valence-corrected chi connectivity index (χ4v) is 3.17. The summed E-state index contributed by atoms with van der Waals surface area (Å²) in [7, 11) is 3.47. The van der Waals surface area contributed by atoms with Gasteiger partial charge in [-0.15, -0.1) is 0 Å². The summed E-state index contributed by atoms with van der Waals surface area (Å²) in [6.07, 6.45) is 5.32. The molecular weight excluding hydrogens is 368 g/mol. The maximum absolute atomic E-state index is 12.5. The topological polar surface area (TPSA) is 112 Å². The van der Waals surface area contributed by atoms with Crippen molar-refractivity contribution in [1.82, 2.24) is 19.3 Å². The Morgan fingerprint density at radius 3 is 2.72 bits per heavy atom. The highest BCUT2D eigenvalue weighted by atomic mass is 16.5. The van der Waals surface area contributed by atoms with E-state index in [1.54, 1.807) is 67.7 Å². The third-order valence-corrected chi connectivity index (χ3v) is 4.55. The van der Waals surface area contributed by atoms with Crippen molar-refractivity contribution in [3.8, 4) is 28.8 Å². The molecule has 0 amide bonds. The van der Waals surface area contributed by atoms with Gasteiger partial charge in [-0.1, -0.05) is 6.07 Å². The van der Waals surface area contributed by atoms with E-state index in [0.29, 0.717) is 33.8 Å². The zero-order valence-electron chi connectivity index (χ0n) is 16.0. The van der Waals surface area contributed by atoms with Crippen LogP contribution in [0.5, 0.6) is 11.6 Å². The molecule has 0 saturated heterocycles. The fraction of sp³-hybridized carbons (Fsp3) is 0.143. The Kier molecular flexibility index (Phi) is 4.49. The summed E-state index contributed by atoms with van der Waals surface area (Å²) in [5.74, 6) is 0.921. The molecule has 0 aliphatic rings. The SMILES string of the molecule is Cn1cc2c(=O)n(C)cc(-c3cc(N)ccc3Oc3ccc(CC#N)cn3)c2n1. The standard InChI is InChI=1S/C21H18N6O2/c1-26-11-16(20-17(21(26)28)12-27(2)25-20)15-9-14(23)4-5-18(15)29-19-6-3-13(7-8-22)10-24-19/h3-6,9-12H,7,23H2,1-2H3. The van der Waals surface area contributed by atoms with Gasteiger partial charge >= 0.3 is 0 Å². The van der Waals surface area contributed by atoms with Crippen LogP contribution in [-0.2, 0) is 20.5 Å². The minimum Gasteiger partial charge on any atom is -0.438 e. The summed E-state index contributed by atoms with van der Waals surface area (Å²) in [5.41, 5.74) is 9.28. The van der Waals surface area contributed by atoms with Crippen LogP contribution in [0.3, 0.4) is 0 Å². The number of nitrogen functional groups attached to an aromatic ring is 1. The van der Waals surface area contributed by atoms with Crippen molar-refractivity contribution in [2.75, 3.05) is 5.73 Å². The van der Waals surface area contributed by atoms with Gasteiger partial charge in [0.2, 0.25) is 5.88 Å². The lowest BCUT2D eigenvalue weighted by molar-refractivity contribution is 0.464. The normalized spacial score (nSPS) is 10.8. The second-order valence-electron chi connectivity index (χ2n) is 6.72. The van der Waals surface area contributed by atoms with E-state index in [2.05, 4.69) is 16.2 Å². The van der Waals surface area contributed by atoms with Crippen LogP contribution in [0.4, 0.5) is 5.69 Å². The van der Waals surface area contributed by atoms with E-state index in [1.807, 2.05) is 0 Å². The first kappa shape index (κ1) is 18.3. The fourth-order valence-electron chi connectivity index (χ4n) is 3.17. The van der Waals surface area contributed by atoms with Crippen molar-refractivity contribution in [2.24, 2.45) is 14.1 Å². The van der Waals surface area contributed by atoms with Gasteiger partial charge in [0.1, 0.15) is 11.3 Å². The predicted octanol–water partition coefficient (Wildman–Crippen LogP) is 2.77. The molecule has 0 fully saturated rings. The smallest absolute Gasteiger partial charge is 0.261 e. The number of ether oxygens (including phenoxy) is 1. The van der Waals surface area contributed by atoms with Gasteiger partial charge in [-0.05, 0) is 23.8 Å². The first-order chi connectivity index (χ1) is 14.0. The zero-order chi connectivity index (χ0) is 20.5. The summed E-state index contributed by atoms with van der Waals surface area (Å²) in [6.45, 7) is 0. The van der Waals surface area contributed by atoms with Crippen molar-refractivity contribution in [2.45, 2.75) is 6.42 Å². The molecule has 8 nitrogen and oxygen atoms in total. The zero-order valence-corrected chi connectivity index (χ0v) is 16.0. The first-order valence-electron chi connectivity index (χ1n) is 8.89. The third-order valence-electron chi connectivity index (χ3n) is 4.55. The van der Waals surface area contributed by atoms with E-state index < -0.39 is 0 Å². The molecular formula is C21H18N6O2. The van der Waals surface area contributed by atoms with Crippen LogP contribution in [0.15, 0.2) is 53.7 Å². The number of fused-ring (bicyclic) bond motifs is 1. The van der Waals surface area contributed by atoms with Gasteiger partial charge < -0.3 is 15.0 Å². The average Bonchev–Trinajstić information content (AvgIpc) is 3.10. The van der Waals surface area contributed by atoms with Crippen LogP contribution in [0.25, 0.3) is 22.0 Å². The van der Waals surface area contributed by atoms with Crippen LogP contribution in [-0.4, -0.2) is 19.3 Å². The van der Waals surface area contributed by atoms with Gasteiger partial charge in [-0.3, -0.25) is 9.48 Å². The second kappa shape index (κ2) is 7.13. The highest BCUT2D eigenvalue weighted by Gasteiger charge is 2.17. The van der Waals surface area contributed by atoms with Crippen molar-refractivity contribution < 1.29 is 4.74 Å². The van der Waals surface area contributed by atoms with Gasteiger partial charge in [-0.25, -0.2) is 4.98 Å². The molecule has 1 aromatic carbocycles.